The summed E-state index contributed by atoms with van der Waals surface area (Å²) in [5.41, 5.74) is 0.848. The summed E-state index contributed by atoms with van der Waals surface area (Å²) in [5.74, 6) is 1.27. The molecule has 0 radical (unpaired) electrons. The molecule has 1 aromatic carbocycles. The molecule has 2 aromatic heterocycles. The second kappa shape index (κ2) is 7.45. The van der Waals surface area contributed by atoms with Gasteiger partial charge in [-0.2, -0.15) is 4.98 Å². The highest BCUT2D eigenvalue weighted by molar-refractivity contribution is 7.71. The number of morpholine rings is 1. The lowest BCUT2D eigenvalue weighted by molar-refractivity contribution is 0.122. The molecule has 0 saturated carbocycles. The Morgan fingerprint density at radius 3 is 2.70 bits per heavy atom. The van der Waals surface area contributed by atoms with E-state index in [9.17, 15) is 4.79 Å². The minimum Gasteiger partial charge on any atom is -0.494 e. The highest BCUT2D eigenvalue weighted by Crippen LogP contribution is 2.18. The summed E-state index contributed by atoms with van der Waals surface area (Å²) in [7, 11) is 0. The summed E-state index contributed by atoms with van der Waals surface area (Å²) in [6.07, 6.45) is 1.59. The lowest BCUT2D eigenvalue weighted by atomic mass is 10.3. The Morgan fingerprint density at radius 2 is 2.00 bits per heavy atom. The van der Waals surface area contributed by atoms with E-state index in [1.165, 1.54) is 0 Å². The summed E-state index contributed by atoms with van der Waals surface area (Å²) in [6.45, 7) is 5.09. The largest absolute Gasteiger partial charge is 0.494 e. The van der Waals surface area contributed by atoms with Gasteiger partial charge in [0.15, 0.2) is 5.65 Å². The molecule has 8 nitrogen and oxygen atoms in total. The Bertz CT molecular complexity index is 1070. The van der Waals surface area contributed by atoms with Gasteiger partial charge in [-0.25, -0.2) is 4.98 Å². The van der Waals surface area contributed by atoms with Gasteiger partial charge < -0.3 is 14.4 Å². The van der Waals surface area contributed by atoms with Crippen molar-refractivity contribution in [2.45, 2.75) is 6.92 Å². The predicted octanol–water partition coefficient (Wildman–Crippen LogP) is 2.07. The number of nitrogens with one attached hydrogen (secondary N) is 1. The van der Waals surface area contributed by atoms with Gasteiger partial charge in [0.2, 0.25) is 5.95 Å². The molecule has 0 amide bonds. The number of hydrogen-bond acceptors (Lipinski definition) is 7. The summed E-state index contributed by atoms with van der Waals surface area (Å²) in [5, 5.41) is 0.304. The van der Waals surface area contributed by atoms with Crippen molar-refractivity contribution < 1.29 is 9.47 Å². The molecule has 9 heteroatoms. The van der Waals surface area contributed by atoms with Crippen molar-refractivity contribution in [3.8, 4) is 11.4 Å². The Hall–Kier alpha value is -2.78. The van der Waals surface area contributed by atoms with Gasteiger partial charge in [-0.1, -0.05) is 12.2 Å². The van der Waals surface area contributed by atoms with Crippen molar-refractivity contribution in [3.05, 3.63) is 45.6 Å². The smallest absolute Gasteiger partial charge is 0.264 e. The van der Waals surface area contributed by atoms with Crippen LogP contribution in [0.4, 0.5) is 5.95 Å². The van der Waals surface area contributed by atoms with E-state index in [2.05, 4.69) is 15.0 Å². The van der Waals surface area contributed by atoms with E-state index >= 15 is 0 Å². The quantitative estimate of drug-likeness (QED) is 0.688. The second-order valence-electron chi connectivity index (χ2n) is 6.03. The molecule has 3 heterocycles. The maximum atomic E-state index is 12.7. The van der Waals surface area contributed by atoms with Crippen LogP contribution in [0.3, 0.4) is 0 Å². The summed E-state index contributed by atoms with van der Waals surface area (Å²) in [4.78, 5) is 26.4. The number of anilines is 1. The molecule has 0 aliphatic carbocycles. The van der Waals surface area contributed by atoms with E-state index in [0.29, 0.717) is 54.5 Å². The van der Waals surface area contributed by atoms with Crippen LogP contribution in [0, 0.1) is 4.64 Å². The SMILES string of the molecule is CCOc1ccc(-n2cnc3nc(N4CCOCC4)[nH]c(=O)c3c2=S)cc1. The average molecular weight is 385 g/mol. The van der Waals surface area contributed by atoms with Crippen LogP contribution < -0.4 is 15.2 Å². The van der Waals surface area contributed by atoms with Gasteiger partial charge in [0.25, 0.3) is 5.56 Å². The minimum atomic E-state index is -0.292. The fraction of sp³-hybridized carbons (Fsp3) is 0.333. The summed E-state index contributed by atoms with van der Waals surface area (Å²) in [6, 6.07) is 7.46. The summed E-state index contributed by atoms with van der Waals surface area (Å²) >= 11 is 5.55. The van der Waals surface area contributed by atoms with Crippen LogP contribution in [0.15, 0.2) is 35.4 Å². The monoisotopic (exact) mass is 385 g/mol. The van der Waals surface area contributed by atoms with Crippen molar-refractivity contribution in [1.29, 1.82) is 0 Å². The standard InChI is InChI=1S/C18H19N5O3S/c1-2-26-13-5-3-12(4-6-13)23-11-19-15-14(17(23)27)16(24)21-18(20-15)22-7-9-25-10-8-22/h3-6,11H,2,7-10H2,1H3,(H,20,21,24). The molecule has 3 aromatic rings. The van der Waals surface area contributed by atoms with E-state index in [0.717, 1.165) is 11.4 Å². The topological polar surface area (TPSA) is 85.3 Å². The molecule has 0 atom stereocenters. The van der Waals surface area contributed by atoms with Gasteiger partial charge in [-0.15, -0.1) is 0 Å². The molecule has 27 heavy (non-hydrogen) atoms. The fourth-order valence-electron chi connectivity index (χ4n) is 3.00. The van der Waals surface area contributed by atoms with Crippen molar-refractivity contribution >= 4 is 29.2 Å². The van der Waals surface area contributed by atoms with Crippen molar-refractivity contribution in [2.75, 3.05) is 37.8 Å². The number of aromatic nitrogens is 4. The molecule has 1 fully saturated rings. The number of H-pyrrole nitrogens is 1. The maximum absolute atomic E-state index is 12.7. The number of nitrogens with zero attached hydrogens (tertiary/aromatic N) is 4. The van der Waals surface area contributed by atoms with Crippen molar-refractivity contribution in [3.63, 3.8) is 0 Å². The number of ether oxygens (including phenoxy) is 2. The van der Waals surface area contributed by atoms with Crippen LogP contribution in [-0.2, 0) is 4.74 Å². The zero-order valence-corrected chi connectivity index (χ0v) is 15.7. The molecular weight excluding hydrogens is 366 g/mol. The van der Waals surface area contributed by atoms with Crippen LogP contribution in [-0.4, -0.2) is 52.4 Å². The lowest BCUT2D eigenvalue weighted by Crippen LogP contribution is -2.38. The third-order valence-corrected chi connectivity index (χ3v) is 4.75. The third-order valence-electron chi connectivity index (χ3n) is 4.35. The van der Waals surface area contributed by atoms with Gasteiger partial charge in [-0.3, -0.25) is 14.3 Å². The molecule has 1 saturated heterocycles. The molecule has 0 bridgehead atoms. The molecule has 140 valence electrons. The molecular formula is C18H19N5O3S. The van der Waals surface area contributed by atoms with E-state index in [4.69, 9.17) is 21.7 Å². The molecule has 0 spiro atoms. The van der Waals surface area contributed by atoms with Gasteiger partial charge in [-0.05, 0) is 31.2 Å². The van der Waals surface area contributed by atoms with Gasteiger partial charge in [0.1, 0.15) is 22.1 Å². The number of hydrogen-bond donors (Lipinski definition) is 1. The normalized spacial score (nSPS) is 14.5. The number of aromatic amines is 1. The van der Waals surface area contributed by atoms with Crippen LogP contribution >= 0.6 is 12.2 Å². The molecule has 1 aliphatic rings. The van der Waals surface area contributed by atoms with Gasteiger partial charge in [0, 0.05) is 18.8 Å². The first kappa shape index (κ1) is 17.6. The Kier molecular flexibility index (Phi) is 4.87. The first-order valence-electron chi connectivity index (χ1n) is 8.75. The lowest BCUT2D eigenvalue weighted by Gasteiger charge is -2.27. The Balaban J connectivity index is 1.76. The van der Waals surface area contributed by atoms with Crippen molar-refractivity contribution in [2.24, 2.45) is 0 Å². The molecule has 1 aliphatic heterocycles. The molecule has 4 rings (SSSR count). The number of benzene rings is 1. The van der Waals surface area contributed by atoms with E-state index in [1.54, 1.807) is 10.9 Å². The summed E-state index contributed by atoms with van der Waals surface area (Å²) < 4.78 is 12.9. The Labute approximate surface area is 160 Å². The second-order valence-corrected chi connectivity index (χ2v) is 6.42. The number of rotatable bonds is 4. The zero-order valence-electron chi connectivity index (χ0n) is 14.8. The van der Waals surface area contributed by atoms with Gasteiger partial charge >= 0.3 is 0 Å². The highest BCUT2D eigenvalue weighted by atomic mass is 32.1. The highest BCUT2D eigenvalue weighted by Gasteiger charge is 2.16. The Morgan fingerprint density at radius 1 is 1.26 bits per heavy atom. The predicted molar refractivity (Wildman–Crippen MR) is 105 cm³/mol. The first-order valence-corrected chi connectivity index (χ1v) is 9.16. The van der Waals surface area contributed by atoms with Gasteiger partial charge in [0.05, 0.1) is 19.8 Å². The number of fused-ring (bicyclic) bond motifs is 1. The van der Waals surface area contributed by atoms with Crippen molar-refractivity contribution in [1.82, 2.24) is 19.5 Å². The van der Waals surface area contributed by atoms with Crippen LogP contribution in [0.25, 0.3) is 16.7 Å². The van der Waals surface area contributed by atoms with Crippen LogP contribution in [0.2, 0.25) is 0 Å². The molecule has 1 N–H and O–H groups in total. The molecule has 0 unspecified atom stereocenters. The van der Waals surface area contributed by atoms with Crippen LogP contribution in [0.5, 0.6) is 5.75 Å². The van der Waals surface area contributed by atoms with E-state index in [-0.39, 0.29) is 5.56 Å². The van der Waals surface area contributed by atoms with Crippen LogP contribution in [0.1, 0.15) is 6.92 Å². The van der Waals surface area contributed by atoms with E-state index in [1.807, 2.05) is 36.1 Å². The zero-order chi connectivity index (χ0) is 18.8. The van der Waals surface area contributed by atoms with E-state index < -0.39 is 0 Å². The first-order chi connectivity index (χ1) is 13.2. The minimum absolute atomic E-state index is 0.292. The third kappa shape index (κ3) is 3.43. The fourth-order valence-corrected chi connectivity index (χ4v) is 3.34. The maximum Gasteiger partial charge on any atom is 0.264 e. The average Bonchev–Trinajstić information content (AvgIpc) is 2.69.